The summed E-state index contributed by atoms with van der Waals surface area (Å²) in [5, 5.41) is 15.1. The number of rotatable bonds is 3. The van der Waals surface area contributed by atoms with Crippen LogP contribution in [0.4, 0.5) is 15.6 Å². The van der Waals surface area contributed by atoms with Crippen molar-refractivity contribution in [1.82, 2.24) is 10.2 Å². The molecule has 0 radical (unpaired) electrons. The van der Waals surface area contributed by atoms with Crippen LogP contribution in [-0.2, 0) is 0 Å². The lowest BCUT2D eigenvalue weighted by Gasteiger charge is -2.06. The van der Waals surface area contributed by atoms with Crippen LogP contribution in [0.15, 0.2) is 36.4 Å². The summed E-state index contributed by atoms with van der Waals surface area (Å²) in [7, 11) is 0. The Kier molecular flexibility index (Phi) is 4.54. The molecule has 2 amide bonds. The van der Waals surface area contributed by atoms with Crippen LogP contribution in [-0.4, -0.2) is 23.0 Å². The number of carbonyl (C=O) groups is 1. The highest BCUT2D eigenvalue weighted by Gasteiger charge is 2.16. The fourth-order valence-corrected chi connectivity index (χ4v) is 3.29. The number of benzene rings is 2. The number of fused-ring (bicyclic) bond motifs is 1. The largest absolute Gasteiger partial charge is 0.454 e. The number of nitrogens with zero attached hydrogens (tertiary/aromatic N) is 2. The van der Waals surface area contributed by atoms with Gasteiger partial charge in [-0.3, -0.25) is 5.32 Å². The molecule has 0 saturated carbocycles. The van der Waals surface area contributed by atoms with Gasteiger partial charge in [-0.1, -0.05) is 34.5 Å². The molecule has 132 valence electrons. The summed E-state index contributed by atoms with van der Waals surface area (Å²) in [5.74, 6) is 1.35. The lowest BCUT2D eigenvalue weighted by molar-refractivity contribution is 0.174. The summed E-state index contributed by atoms with van der Waals surface area (Å²) in [6, 6.07) is 9.83. The van der Waals surface area contributed by atoms with E-state index in [1.165, 1.54) is 11.3 Å². The molecule has 2 N–H and O–H groups in total. The summed E-state index contributed by atoms with van der Waals surface area (Å²) in [6.45, 7) is 0.205. The fraction of sp³-hybridized carbons (Fsp3) is 0.0625. The first kappa shape index (κ1) is 16.9. The zero-order valence-corrected chi connectivity index (χ0v) is 15.3. The number of halogens is 2. The number of nitrogens with one attached hydrogen (secondary N) is 2. The van der Waals surface area contributed by atoms with E-state index in [9.17, 15) is 4.79 Å². The number of anilines is 2. The Morgan fingerprint density at radius 2 is 1.85 bits per heavy atom. The molecule has 1 aromatic heterocycles. The Labute approximate surface area is 161 Å². The first-order valence-corrected chi connectivity index (χ1v) is 8.92. The van der Waals surface area contributed by atoms with Crippen LogP contribution in [0.25, 0.3) is 10.6 Å². The van der Waals surface area contributed by atoms with Crippen LogP contribution in [0.3, 0.4) is 0 Å². The Morgan fingerprint density at radius 3 is 2.69 bits per heavy atom. The molecular formula is C16H10Cl2N4O3S. The monoisotopic (exact) mass is 408 g/mol. The molecule has 0 atom stereocenters. The molecule has 0 saturated heterocycles. The van der Waals surface area contributed by atoms with E-state index in [4.69, 9.17) is 32.7 Å². The summed E-state index contributed by atoms with van der Waals surface area (Å²) in [5.41, 5.74) is 1.34. The third-order valence-corrected chi connectivity index (χ3v) is 5.07. The Morgan fingerprint density at radius 1 is 1.00 bits per heavy atom. The Balaban J connectivity index is 1.44. The Bertz CT molecular complexity index is 995. The minimum Gasteiger partial charge on any atom is -0.454 e. The third-order valence-electron chi connectivity index (χ3n) is 3.44. The van der Waals surface area contributed by atoms with Gasteiger partial charge >= 0.3 is 6.03 Å². The zero-order valence-electron chi connectivity index (χ0n) is 13.0. The van der Waals surface area contributed by atoms with E-state index in [1.807, 2.05) is 18.2 Å². The van der Waals surface area contributed by atoms with Gasteiger partial charge in [0.05, 0.1) is 10.0 Å². The number of ether oxygens (including phenoxy) is 2. The number of urea groups is 1. The fourth-order valence-electron chi connectivity index (χ4n) is 2.25. The second-order valence-corrected chi connectivity index (χ2v) is 6.98. The van der Waals surface area contributed by atoms with Gasteiger partial charge in [0.1, 0.15) is 5.01 Å². The molecule has 1 aliphatic rings. The SMILES string of the molecule is O=C(Nc1ccc(Cl)c(Cl)c1)Nc1nnc(-c2ccc3c(c2)OCO3)s1. The van der Waals surface area contributed by atoms with Crippen LogP contribution >= 0.6 is 34.5 Å². The molecule has 0 bridgehead atoms. The van der Waals surface area contributed by atoms with Crippen molar-refractivity contribution in [3.63, 3.8) is 0 Å². The predicted molar refractivity (Wildman–Crippen MR) is 101 cm³/mol. The van der Waals surface area contributed by atoms with Gasteiger partial charge in [0.25, 0.3) is 0 Å². The van der Waals surface area contributed by atoms with E-state index >= 15 is 0 Å². The van der Waals surface area contributed by atoms with E-state index < -0.39 is 6.03 Å². The third kappa shape index (κ3) is 3.52. The lowest BCUT2D eigenvalue weighted by atomic mass is 10.2. The summed E-state index contributed by atoms with van der Waals surface area (Å²) in [6.07, 6.45) is 0. The van der Waals surface area contributed by atoms with Gasteiger partial charge in [0, 0.05) is 11.3 Å². The maximum Gasteiger partial charge on any atom is 0.325 e. The molecule has 2 heterocycles. The average Bonchev–Trinajstić information content (AvgIpc) is 3.26. The van der Waals surface area contributed by atoms with Gasteiger partial charge in [0.15, 0.2) is 11.5 Å². The molecule has 1 aliphatic heterocycles. The molecular weight excluding hydrogens is 399 g/mol. The number of hydrogen-bond donors (Lipinski definition) is 2. The summed E-state index contributed by atoms with van der Waals surface area (Å²) >= 11 is 13.0. The highest BCUT2D eigenvalue weighted by atomic mass is 35.5. The number of hydrogen-bond acceptors (Lipinski definition) is 6. The molecule has 10 heteroatoms. The van der Waals surface area contributed by atoms with E-state index in [0.717, 1.165) is 5.56 Å². The van der Waals surface area contributed by atoms with E-state index in [2.05, 4.69) is 20.8 Å². The van der Waals surface area contributed by atoms with Crippen molar-refractivity contribution >= 4 is 51.4 Å². The van der Waals surface area contributed by atoms with Gasteiger partial charge in [-0.2, -0.15) is 0 Å². The first-order valence-electron chi connectivity index (χ1n) is 7.35. The summed E-state index contributed by atoms with van der Waals surface area (Å²) in [4.78, 5) is 12.1. The van der Waals surface area contributed by atoms with E-state index in [0.29, 0.717) is 37.4 Å². The molecule has 2 aromatic carbocycles. The quantitative estimate of drug-likeness (QED) is 0.644. The minimum absolute atomic E-state index is 0.205. The van der Waals surface area contributed by atoms with Gasteiger partial charge in [-0.05, 0) is 36.4 Å². The second kappa shape index (κ2) is 6.99. The van der Waals surface area contributed by atoms with Crippen LogP contribution in [0.1, 0.15) is 0 Å². The molecule has 7 nitrogen and oxygen atoms in total. The number of aromatic nitrogens is 2. The Hall–Kier alpha value is -2.55. The van der Waals surface area contributed by atoms with E-state index in [-0.39, 0.29) is 6.79 Å². The van der Waals surface area contributed by atoms with Gasteiger partial charge in [-0.15, -0.1) is 10.2 Å². The smallest absolute Gasteiger partial charge is 0.325 e. The topological polar surface area (TPSA) is 85.4 Å². The average molecular weight is 409 g/mol. The van der Waals surface area contributed by atoms with Gasteiger partial charge < -0.3 is 14.8 Å². The molecule has 26 heavy (non-hydrogen) atoms. The zero-order chi connectivity index (χ0) is 18.1. The van der Waals surface area contributed by atoms with Crippen molar-refractivity contribution in [2.45, 2.75) is 0 Å². The minimum atomic E-state index is -0.461. The van der Waals surface area contributed by atoms with Crippen LogP contribution in [0.5, 0.6) is 11.5 Å². The first-order chi connectivity index (χ1) is 12.6. The molecule has 0 unspecified atom stereocenters. The molecule has 0 aliphatic carbocycles. The summed E-state index contributed by atoms with van der Waals surface area (Å²) < 4.78 is 10.6. The van der Waals surface area contributed by atoms with Gasteiger partial charge in [0.2, 0.25) is 11.9 Å². The maximum atomic E-state index is 12.1. The molecule has 0 spiro atoms. The lowest BCUT2D eigenvalue weighted by Crippen LogP contribution is -2.19. The second-order valence-electron chi connectivity index (χ2n) is 5.19. The molecule has 4 rings (SSSR count). The van der Waals surface area contributed by atoms with Crippen LogP contribution in [0, 0.1) is 0 Å². The van der Waals surface area contributed by atoms with Crippen LogP contribution < -0.4 is 20.1 Å². The van der Waals surface area contributed by atoms with Crippen molar-refractivity contribution < 1.29 is 14.3 Å². The molecule has 3 aromatic rings. The van der Waals surface area contributed by atoms with Gasteiger partial charge in [-0.25, -0.2) is 4.79 Å². The van der Waals surface area contributed by atoms with Crippen LogP contribution in [0.2, 0.25) is 10.0 Å². The van der Waals surface area contributed by atoms with E-state index in [1.54, 1.807) is 18.2 Å². The molecule has 0 fully saturated rings. The maximum absolute atomic E-state index is 12.1. The van der Waals surface area contributed by atoms with Crippen molar-refractivity contribution in [2.75, 3.05) is 17.4 Å². The highest BCUT2D eigenvalue weighted by molar-refractivity contribution is 7.18. The normalized spacial score (nSPS) is 12.1. The van der Waals surface area contributed by atoms with Crippen molar-refractivity contribution in [3.05, 3.63) is 46.4 Å². The van der Waals surface area contributed by atoms with Crippen molar-refractivity contribution in [1.29, 1.82) is 0 Å². The van der Waals surface area contributed by atoms with Crippen molar-refractivity contribution in [3.8, 4) is 22.1 Å². The predicted octanol–water partition coefficient (Wildman–Crippen LogP) is 4.88. The number of carbonyl (C=O) groups excluding carboxylic acids is 1. The number of amides is 2. The van der Waals surface area contributed by atoms with Crippen molar-refractivity contribution in [2.24, 2.45) is 0 Å². The highest BCUT2D eigenvalue weighted by Crippen LogP contribution is 2.37. The standard InChI is InChI=1S/C16H10Cl2N4O3S/c17-10-3-2-9(6-11(10)18)19-15(23)20-16-22-21-14(26-16)8-1-4-12-13(5-8)25-7-24-12/h1-6H,7H2,(H2,19,20,22,23).